The van der Waals surface area contributed by atoms with Crippen molar-refractivity contribution in [1.82, 2.24) is 5.43 Å². The monoisotopic (exact) mass is 196 g/mol. The standard InChI is InChI=1S/C10H16N2S/c11-12-10(4-3-8-1-2-8)9-5-6-13-7-9/h5-8,10,12H,1-4,11H2. The molecular weight excluding hydrogens is 180 g/mol. The molecule has 3 N–H and O–H groups in total. The van der Waals surface area contributed by atoms with E-state index >= 15 is 0 Å². The highest BCUT2D eigenvalue weighted by Crippen LogP contribution is 2.35. The van der Waals surface area contributed by atoms with Gasteiger partial charge in [0.15, 0.2) is 0 Å². The lowest BCUT2D eigenvalue weighted by atomic mass is 10.0. The van der Waals surface area contributed by atoms with Gasteiger partial charge in [-0.2, -0.15) is 11.3 Å². The second kappa shape index (κ2) is 4.22. The summed E-state index contributed by atoms with van der Waals surface area (Å²) in [7, 11) is 0. The Labute approximate surface area is 83.1 Å². The Bertz CT molecular complexity index is 241. The number of nitrogens with two attached hydrogens (primary N) is 1. The fourth-order valence-electron chi connectivity index (χ4n) is 1.63. The molecule has 0 spiro atoms. The quantitative estimate of drug-likeness (QED) is 0.561. The molecule has 72 valence electrons. The molecule has 0 amide bonds. The van der Waals surface area contributed by atoms with Gasteiger partial charge >= 0.3 is 0 Å². The Balaban J connectivity index is 1.85. The highest BCUT2D eigenvalue weighted by atomic mass is 32.1. The fraction of sp³-hybridized carbons (Fsp3) is 0.600. The van der Waals surface area contributed by atoms with E-state index in [-0.39, 0.29) is 0 Å². The molecule has 2 rings (SSSR count). The topological polar surface area (TPSA) is 38.0 Å². The van der Waals surface area contributed by atoms with Gasteiger partial charge in [0.05, 0.1) is 0 Å². The minimum atomic E-state index is 0.367. The second-order valence-electron chi connectivity index (χ2n) is 3.80. The largest absolute Gasteiger partial charge is 0.271 e. The van der Waals surface area contributed by atoms with Crippen LogP contribution >= 0.6 is 11.3 Å². The molecule has 1 aromatic rings. The fourth-order valence-corrected chi connectivity index (χ4v) is 2.34. The summed E-state index contributed by atoms with van der Waals surface area (Å²) in [6, 6.07) is 2.52. The Hall–Kier alpha value is -0.380. The Morgan fingerprint density at radius 2 is 2.46 bits per heavy atom. The van der Waals surface area contributed by atoms with Crippen molar-refractivity contribution in [2.24, 2.45) is 11.8 Å². The van der Waals surface area contributed by atoms with E-state index in [1.165, 1.54) is 31.2 Å². The summed E-state index contributed by atoms with van der Waals surface area (Å²) >= 11 is 1.74. The first-order valence-electron chi connectivity index (χ1n) is 4.88. The minimum absolute atomic E-state index is 0.367. The van der Waals surface area contributed by atoms with Crippen molar-refractivity contribution in [1.29, 1.82) is 0 Å². The van der Waals surface area contributed by atoms with Gasteiger partial charge in [0.1, 0.15) is 0 Å². The van der Waals surface area contributed by atoms with Gasteiger partial charge in [-0.05, 0) is 41.1 Å². The number of rotatable bonds is 5. The van der Waals surface area contributed by atoms with Crippen LogP contribution in [0.2, 0.25) is 0 Å². The number of hydrogen-bond donors (Lipinski definition) is 2. The van der Waals surface area contributed by atoms with Crippen molar-refractivity contribution in [2.45, 2.75) is 31.7 Å². The van der Waals surface area contributed by atoms with Crippen LogP contribution in [0.4, 0.5) is 0 Å². The van der Waals surface area contributed by atoms with E-state index in [4.69, 9.17) is 5.84 Å². The summed E-state index contributed by atoms with van der Waals surface area (Å²) in [5.74, 6) is 6.52. The van der Waals surface area contributed by atoms with Gasteiger partial charge < -0.3 is 0 Å². The Kier molecular flexibility index (Phi) is 2.98. The van der Waals surface area contributed by atoms with Crippen molar-refractivity contribution in [3.8, 4) is 0 Å². The zero-order valence-corrected chi connectivity index (χ0v) is 8.52. The SMILES string of the molecule is NNC(CCC1CC1)c1ccsc1. The van der Waals surface area contributed by atoms with E-state index in [2.05, 4.69) is 22.3 Å². The highest BCUT2D eigenvalue weighted by Gasteiger charge is 2.22. The van der Waals surface area contributed by atoms with Gasteiger partial charge in [-0.3, -0.25) is 11.3 Å². The van der Waals surface area contributed by atoms with E-state index in [0.29, 0.717) is 6.04 Å². The van der Waals surface area contributed by atoms with Crippen LogP contribution in [-0.2, 0) is 0 Å². The van der Waals surface area contributed by atoms with Crippen LogP contribution in [0.3, 0.4) is 0 Å². The molecular formula is C10H16N2S. The molecule has 1 heterocycles. The van der Waals surface area contributed by atoms with Crippen LogP contribution in [0.25, 0.3) is 0 Å². The second-order valence-corrected chi connectivity index (χ2v) is 4.58. The van der Waals surface area contributed by atoms with Gasteiger partial charge in [-0.25, -0.2) is 0 Å². The first-order chi connectivity index (χ1) is 6.40. The third-order valence-corrected chi connectivity index (χ3v) is 3.41. The summed E-state index contributed by atoms with van der Waals surface area (Å²) < 4.78 is 0. The van der Waals surface area contributed by atoms with Crippen molar-refractivity contribution in [3.05, 3.63) is 22.4 Å². The zero-order valence-electron chi connectivity index (χ0n) is 7.70. The summed E-state index contributed by atoms with van der Waals surface area (Å²) in [6.45, 7) is 0. The molecule has 0 aliphatic heterocycles. The predicted octanol–water partition coefficient (Wildman–Crippen LogP) is 2.44. The first-order valence-corrected chi connectivity index (χ1v) is 5.82. The van der Waals surface area contributed by atoms with E-state index in [9.17, 15) is 0 Å². The van der Waals surface area contributed by atoms with Crippen molar-refractivity contribution in [2.75, 3.05) is 0 Å². The van der Waals surface area contributed by atoms with Gasteiger partial charge in [0.25, 0.3) is 0 Å². The summed E-state index contributed by atoms with van der Waals surface area (Å²) in [5, 5.41) is 4.29. The normalized spacial score (nSPS) is 18.8. The lowest BCUT2D eigenvalue weighted by Gasteiger charge is -2.13. The number of thiophene rings is 1. The van der Waals surface area contributed by atoms with Crippen LogP contribution in [0.5, 0.6) is 0 Å². The molecule has 0 aromatic carbocycles. The molecule has 1 aromatic heterocycles. The van der Waals surface area contributed by atoms with E-state index in [1.54, 1.807) is 11.3 Å². The molecule has 1 saturated carbocycles. The van der Waals surface area contributed by atoms with Crippen molar-refractivity contribution >= 4 is 11.3 Å². The summed E-state index contributed by atoms with van der Waals surface area (Å²) in [5.41, 5.74) is 4.24. The average molecular weight is 196 g/mol. The number of nitrogens with one attached hydrogen (secondary N) is 1. The minimum Gasteiger partial charge on any atom is -0.271 e. The van der Waals surface area contributed by atoms with E-state index < -0.39 is 0 Å². The third-order valence-electron chi connectivity index (χ3n) is 2.71. The molecule has 1 fully saturated rings. The molecule has 0 radical (unpaired) electrons. The molecule has 0 bridgehead atoms. The maximum Gasteiger partial charge on any atom is 0.0468 e. The highest BCUT2D eigenvalue weighted by molar-refractivity contribution is 7.07. The van der Waals surface area contributed by atoms with Gasteiger partial charge in [0.2, 0.25) is 0 Å². The average Bonchev–Trinajstić information content (AvgIpc) is 2.81. The molecule has 1 atom stereocenters. The lowest BCUT2D eigenvalue weighted by Crippen LogP contribution is -2.27. The smallest absolute Gasteiger partial charge is 0.0468 e. The summed E-state index contributed by atoms with van der Waals surface area (Å²) in [4.78, 5) is 0. The van der Waals surface area contributed by atoms with Crippen LogP contribution in [0, 0.1) is 5.92 Å². The maximum atomic E-state index is 5.53. The molecule has 1 aliphatic carbocycles. The number of hydrazine groups is 1. The van der Waals surface area contributed by atoms with E-state index in [0.717, 1.165) is 5.92 Å². The van der Waals surface area contributed by atoms with Crippen LogP contribution in [-0.4, -0.2) is 0 Å². The first kappa shape index (κ1) is 9.19. The van der Waals surface area contributed by atoms with Gasteiger partial charge in [0, 0.05) is 6.04 Å². The van der Waals surface area contributed by atoms with Crippen LogP contribution < -0.4 is 11.3 Å². The van der Waals surface area contributed by atoms with Gasteiger partial charge in [-0.15, -0.1) is 0 Å². The van der Waals surface area contributed by atoms with Crippen LogP contribution in [0.1, 0.15) is 37.3 Å². The Morgan fingerprint density at radius 3 is 3.00 bits per heavy atom. The molecule has 1 aliphatic rings. The Morgan fingerprint density at radius 1 is 1.62 bits per heavy atom. The van der Waals surface area contributed by atoms with Gasteiger partial charge in [-0.1, -0.05) is 12.8 Å². The van der Waals surface area contributed by atoms with E-state index in [1.807, 2.05) is 0 Å². The molecule has 2 nitrogen and oxygen atoms in total. The van der Waals surface area contributed by atoms with Crippen molar-refractivity contribution in [3.63, 3.8) is 0 Å². The molecule has 1 unspecified atom stereocenters. The maximum absolute atomic E-state index is 5.53. The van der Waals surface area contributed by atoms with Crippen molar-refractivity contribution < 1.29 is 0 Å². The third kappa shape index (κ3) is 2.53. The summed E-state index contributed by atoms with van der Waals surface area (Å²) in [6.07, 6.45) is 5.37. The molecule has 3 heteroatoms. The lowest BCUT2D eigenvalue weighted by molar-refractivity contribution is 0.483. The molecule has 0 saturated heterocycles. The predicted molar refractivity (Wildman–Crippen MR) is 56.3 cm³/mol. The number of hydrogen-bond acceptors (Lipinski definition) is 3. The molecule has 13 heavy (non-hydrogen) atoms. The zero-order chi connectivity index (χ0) is 9.10. The van der Waals surface area contributed by atoms with Crippen LogP contribution in [0.15, 0.2) is 16.8 Å².